The van der Waals surface area contributed by atoms with E-state index in [9.17, 15) is 8.42 Å². The molecule has 0 spiro atoms. The van der Waals surface area contributed by atoms with Gasteiger partial charge in [-0.15, -0.1) is 0 Å². The normalized spacial score (nSPS) is 12.1. The smallest absolute Gasteiger partial charge is 0.243 e. The van der Waals surface area contributed by atoms with Gasteiger partial charge in [0.2, 0.25) is 10.0 Å². The molecule has 3 N–H and O–H groups in total. The lowest BCUT2D eigenvalue weighted by Gasteiger charge is -2.19. The number of halogens is 1. The van der Waals surface area contributed by atoms with Gasteiger partial charge >= 0.3 is 0 Å². The van der Waals surface area contributed by atoms with Crippen LogP contribution in [0.15, 0.2) is 23.1 Å². The largest absolute Gasteiger partial charge is 0.395 e. The van der Waals surface area contributed by atoms with Gasteiger partial charge in [0.05, 0.1) is 11.5 Å². The lowest BCUT2D eigenvalue weighted by atomic mass is 10.2. The number of hydrogen-bond donors (Lipinski definition) is 2. The quantitative estimate of drug-likeness (QED) is 0.812. The first kappa shape index (κ1) is 15.4. The Kier molecular flexibility index (Phi) is 5.55. The molecular formula is C11H17ClN2O3S. The Morgan fingerprint density at radius 2 is 2.11 bits per heavy atom. The standard InChI is InChI=1S/C11H17ClN2O3S/c1-2-14(5-6-15)18(16,17)10-4-3-9(8-13)11(12)7-10/h3-4,7,15H,2,5-6,8,13H2,1H3. The number of aliphatic hydroxyl groups excluding tert-OH is 1. The highest BCUT2D eigenvalue weighted by molar-refractivity contribution is 7.89. The van der Waals surface area contributed by atoms with Crippen molar-refractivity contribution >= 4 is 21.6 Å². The van der Waals surface area contributed by atoms with E-state index in [1.54, 1.807) is 13.0 Å². The van der Waals surface area contributed by atoms with Gasteiger partial charge in [0.1, 0.15) is 0 Å². The zero-order valence-electron chi connectivity index (χ0n) is 10.1. The van der Waals surface area contributed by atoms with E-state index in [1.165, 1.54) is 16.4 Å². The fraction of sp³-hybridized carbons (Fsp3) is 0.455. The minimum Gasteiger partial charge on any atom is -0.395 e. The van der Waals surface area contributed by atoms with Crippen LogP contribution in [-0.4, -0.2) is 37.5 Å². The molecule has 0 bridgehead atoms. The summed E-state index contributed by atoms with van der Waals surface area (Å²) >= 11 is 5.95. The van der Waals surface area contributed by atoms with Gasteiger partial charge in [0.15, 0.2) is 0 Å². The molecule has 1 aromatic rings. The molecule has 0 unspecified atom stereocenters. The van der Waals surface area contributed by atoms with E-state index in [4.69, 9.17) is 22.4 Å². The molecule has 0 radical (unpaired) electrons. The highest BCUT2D eigenvalue weighted by Crippen LogP contribution is 2.22. The zero-order valence-corrected chi connectivity index (χ0v) is 11.7. The summed E-state index contributed by atoms with van der Waals surface area (Å²) in [6.45, 7) is 2.10. The summed E-state index contributed by atoms with van der Waals surface area (Å²) in [5, 5.41) is 9.20. The highest BCUT2D eigenvalue weighted by atomic mass is 35.5. The van der Waals surface area contributed by atoms with Crippen LogP contribution >= 0.6 is 11.6 Å². The molecule has 0 saturated carbocycles. The minimum atomic E-state index is -3.61. The van der Waals surface area contributed by atoms with Gasteiger partial charge in [0, 0.05) is 24.7 Å². The Labute approximate surface area is 112 Å². The number of rotatable bonds is 6. The van der Waals surface area contributed by atoms with Gasteiger partial charge in [-0.1, -0.05) is 24.6 Å². The lowest BCUT2D eigenvalue weighted by Crippen LogP contribution is -2.33. The predicted octanol–water partition coefficient (Wildman–Crippen LogP) is 0.802. The van der Waals surface area contributed by atoms with Gasteiger partial charge in [-0.3, -0.25) is 0 Å². The summed E-state index contributed by atoms with van der Waals surface area (Å²) in [4.78, 5) is 0.111. The van der Waals surface area contributed by atoms with E-state index in [1.807, 2.05) is 0 Å². The fourth-order valence-corrected chi connectivity index (χ4v) is 3.35. The molecule has 0 amide bonds. The fourth-order valence-electron chi connectivity index (χ4n) is 1.56. The third-order valence-electron chi connectivity index (χ3n) is 2.58. The molecule has 0 saturated heterocycles. The van der Waals surface area contributed by atoms with Crippen LogP contribution in [0.25, 0.3) is 0 Å². The first-order valence-electron chi connectivity index (χ1n) is 5.56. The Bertz CT molecular complexity index is 505. The summed E-state index contributed by atoms with van der Waals surface area (Å²) in [6, 6.07) is 4.46. The molecule has 1 aromatic carbocycles. The molecule has 0 aliphatic carbocycles. The Morgan fingerprint density at radius 1 is 1.44 bits per heavy atom. The maximum Gasteiger partial charge on any atom is 0.243 e. The maximum atomic E-state index is 12.2. The van der Waals surface area contributed by atoms with Crippen molar-refractivity contribution in [3.8, 4) is 0 Å². The van der Waals surface area contributed by atoms with Crippen molar-refractivity contribution in [3.05, 3.63) is 28.8 Å². The van der Waals surface area contributed by atoms with Crippen molar-refractivity contribution in [2.75, 3.05) is 19.7 Å². The zero-order chi connectivity index (χ0) is 13.8. The van der Waals surface area contributed by atoms with Crippen molar-refractivity contribution in [1.82, 2.24) is 4.31 Å². The summed E-state index contributed by atoms with van der Waals surface area (Å²) < 4.78 is 25.7. The third kappa shape index (κ3) is 3.21. The number of nitrogens with two attached hydrogens (primary N) is 1. The molecule has 0 aliphatic rings. The predicted molar refractivity (Wildman–Crippen MR) is 70.9 cm³/mol. The van der Waals surface area contributed by atoms with Crippen LogP contribution in [0.3, 0.4) is 0 Å². The van der Waals surface area contributed by atoms with E-state index in [-0.39, 0.29) is 24.6 Å². The van der Waals surface area contributed by atoms with Crippen molar-refractivity contribution in [2.45, 2.75) is 18.4 Å². The highest BCUT2D eigenvalue weighted by Gasteiger charge is 2.23. The first-order valence-corrected chi connectivity index (χ1v) is 7.38. The molecule has 1 rings (SSSR count). The van der Waals surface area contributed by atoms with Crippen molar-refractivity contribution in [3.63, 3.8) is 0 Å². The van der Waals surface area contributed by atoms with Crippen LogP contribution < -0.4 is 5.73 Å². The first-order chi connectivity index (χ1) is 8.47. The Morgan fingerprint density at radius 3 is 2.56 bits per heavy atom. The van der Waals surface area contributed by atoms with Crippen molar-refractivity contribution in [1.29, 1.82) is 0 Å². The average molecular weight is 293 g/mol. The Hall–Kier alpha value is -0.660. The third-order valence-corrected chi connectivity index (χ3v) is 4.91. The van der Waals surface area contributed by atoms with Crippen molar-refractivity contribution < 1.29 is 13.5 Å². The molecule has 0 atom stereocenters. The van der Waals surface area contributed by atoms with Crippen LogP contribution in [0.2, 0.25) is 5.02 Å². The Balaban J connectivity index is 3.15. The number of nitrogens with zero attached hydrogens (tertiary/aromatic N) is 1. The van der Waals surface area contributed by atoms with Crippen molar-refractivity contribution in [2.24, 2.45) is 5.73 Å². The number of hydrogen-bond acceptors (Lipinski definition) is 4. The van der Waals surface area contributed by atoms with E-state index >= 15 is 0 Å². The van der Waals surface area contributed by atoms with Gasteiger partial charge < -0.3 is 10.8 Å². The number of benzene rings is 1. The second-order valence-corrected chi connectivity index (χ2v) is 6.02. The van der Waals surface area contributed by atoms with Gasteiger partial charge in [-0.2, -0.15) is 4.31 Å². The summed E-state index contributed by atoms with van der Waals surface area (Å²) in [5.74, 6) is 0. The van der Waals surface area contributed by atoms with E-state index in [0.717, 1.165) is 0 Å². The van der Waals surface area contributed by atoms with Crippen LogP contribution in [0.1, 0.15) is 12.5 Å². The minimum absolute atomic E-state index is 0.0646. The van der Waals surface area contributed by atoms with Gasteiger partial charge in [-0.05, 0) is 17.7 Å². The number of likely N-dealkylation sites (N-methyl/N-ethyl adjacent to an activating group) is 1. The van der Waals surface area contributed by atoms with Crippen LogP contribution in [-0.2, 0) is 16.6 Å². The summed E-state index contributed by atoms with van der Waals surface area (Å²) in [7, 11) is -3.61. The average Bonchev–Trinajstić information content (AvgIpc) is 2.35. The topological polar surface area (TPSA) is 83.6 Å². The molecule has 0 aromatic heterocycles. The summed E-state index contributed by atoms with van der Waals surface area (Å²) in [6.07, 6.45) is 0. The van der Waals surface area contributed by atoms with E-state index in [2.05, 4.69) is 0 Å². The second kappa shape index (κ2) is 6.49. The lowest BCUT2D eigenvalue weighted by molar-refractivity contribution is 0.257. The molecule has 0 fully saturated rings. The molecule has 102 valence electrons. The van der Waals surface area contributed by atoms with Crippen LogP contribution in [0.4, 0.5) is 0 Å². The number of sulfonamides is 1. The van der Waals surface area contributed by atoms with Gasteiger partial charge in [-0.25, -0.2) is 8.42 Å². The second-order valence-electron chi connectivity index (χ2n) is 3.68. The van der Waals surface area contributed by atoms with E-state index < -0.39 is 10.0 Å². The van der Waals surface area contributed by atoms with Gasteiger partial charge in [0.25, 0.3) is 0 Å². The summed E-state index contributed by atoms with van der Waals surface area (Å²) in [5.41, 5.74) is 6.16. The molecular weight excluding hydrogens is 276 g/mol. The molecule has 0 aliphatic heterocycles. The SMILES string of the molecule is CCN(CCO)S(=O)(=O)c1ccc(CN)c(Cl)c1. The molecule has 5 nitrogen and oxygen atoms in total. The number of aliphatic hydroxyl groups is 1. The van der Waals surface area contributed by atoms with Crippen LogP contribution in [0, 0.1) is 0 Å². The monoisotopic (exact) mass is 292 g/mol. The van der Waals surface area contributed by atoms with Crippen LogP contribution in [0.5, 0.6) is 0 Å². The van der Waals surface area contributed by atoms with E-state index in [0.29, 0.717) is 17.1 Å². The molecule has 18 heavy (non-hydrogen) atoms. The maximum absolute atomic E-state index is 12.2. The molecule has 0 heterocycles. The molecule has 7 heteroatoms.